The van der Waals surface area contributed by atoms with E-state index in [0.717, 1.165) is 0 Å². The lowest BCUT2D eigenvalue weighted by molar-refractivity contribution is 0.482. The number of hydrogen-bond donors (Lipinski definition) is 1. The smallest absolute Gasteiger partial charge is 0.238 e. The Labute approximate surface area is 99.7 Å². The maximum Gasteiger partial charge on any atom is 0.238 e. The minimum Gasteiger partial charge on any atom is -0.457 e. The van der Waals surface area contributed by atoms with Gasteiger partial charge in [0.2, 0.25) is 10.0 Å². The van der Waals surface area contributed by atoms with Crippen molar-refractivity contribution < 1.29 is 13.2 Å². The molecule has 0 spiro atoms. The van der Waals surface area contributed by atoms with E-state index in [1.807, 2.05) is 18.2 Å². The van der Waals surface area contributed by atoms with Crippen LogP contribution < -0.4 is 9.88 Å². The Balaban J connectivity index is 2.20. The number of hydrogen-bond acceptors (Lipinski definition) is 3. The fourth-order valence-corrected chi connectivity index (χ4v) is 1.74. The molecule has 4 nitrogen and oxygen atoms in total. The summed E-state index contributed by atoms with van der Waals surface area (Å²) in [6.07, 6.45) is 0. The molecule has 0 saturated heterocycles. The molecule has 2 aromatic rings. The summed E-state index contributed by atoms with van der Waals surface area (Å²) in [6, 6.07) is 16.0. The van der Waals surface area contributed by atoms with Crippen molar-refractivity contribution in [3.05, 3.63) is 54.6 Å². The van der Waals surface area contributed by atoms with Crippen LogP contribution in [0.2, 0.25) is 0 Å². The van der Waals surface area contributed by atoms with Crippen molar-refractivity contribution >= 4 is 10.0 Å². The molecule has 0 heterocycles. The fraction of sp³-hybridized carbons (Fsp3) is 0. The Bertz CT molecular complexity index is 591. The first-order valence-corrected chi connectivity index (χ1v) is 6.38. The van der Waals surface area contributed by atoms with E-state index >= 15 is 0 Å². The van der Waals surface area contributed by atoms with Gasteiger partial charge in [0.05, 0.1) is 4.90 Å². The maximum absolute atomic E-state index is 11.0. The minimum absolute atomic E-state index is 0.0575. The van der Waals surface area contributed by atoms with Crippen molar-refractivity contribution in [1.29, 1.82) is 0 Å². The van der Waals surface area contributed by atoms with Crippen molar-refractivity contribution in [2.45, 2.75) is 4.90 Å². The Hall–Kier alpha value is -1.85. The molecule has 2 rings (SSSR count). The van der Waals surface area contributed by atoms with E-state index in [9.17, 15) is 8.42 Å². The average molecular weight is 248 g/mol. The summed E-state index contributed by atoms with van der Waals surface area (Å²) in [5.74, 6) is 1.17. The predicted octanol–water partition coefficient (Wildman–Crippen LogP) is 1.93. The van der Waals surface area contributed by atoms with Gasteiger partial charge in [0, 0.05) is 6.07 Å². The Morgan fingerprint density at radius 1 is 1.00 bits per heavy atom. The van der Waals surface area contributed by atoms with Crippen LogP contribution in [-0.2, 0) is 10.0 Å². The van der Waals surface area contributed by atoms with Crippen molar-refractivity contribution in [3.63, 3.8) is 0 Å². The third-order valence-electron chi connectivity index (χ3n) is 2.04. The molecule has 2 aromatic carbocycles. The second kappa shape index (κ2) is 4.57. The molecule has 5 heteroatoms. The highest BCUT2D eigenvalue weighted by Crippen LogP contribution is 2.21. The number of primary sulfonamides is 1. The van der Waals surface area contributed by atoms with E-state index in [1.165, 1.54) is 18.2 Å². The molecule has 0 amide bonds. The summed E-state index contributed by atoms with van der Waals surface area (Å²) < 4.78 is 27.5. The zero-order valence-electron chi connectivity index (χ0n) is 8.83. The van der Waals surface area contributed by atoms with Crippen LogP contribution in [0, 0.1) is 6.07 Å². The molecular weight excluding hydrogens is 238 g/mol. The van der Waals surface area contributed by atoms with Crippen LogP contribution in [0.3, 0.4) is 0 Å². The first-order valence-electron chi connectivity index (χ1n) is 4.83. The van der Waals surface area contributed by atoms with Crippen molar-refractivity contribution in [1.82, 2.24) is 0 Å². The lowest BCUT2D eigenvalue weighted by atomic mass is 10.3. The molecular formula is C12H10NO3S. The number of para-hydroxylation sites is 1. The Morgan fingerprint density at radius 3 is 2.24 bits per heavy atom. The highest BCUT2D eigenvalue weighted by atomic mass is 32.2. The summed E-state index contributed by atoms with van der Waals surface area (Å²) in [5, 5.41) is 4.96. The van der Waals surface area contributed by atoms with Gasteiger partial charge < -0.3 is 4.74 Å². The Kier molecular flexibility index (Phi) is 3.12. The van der Waals surface area contributed by atoms with Gasteiger partial charge in [-0.3, -0.25) is 0 Å². The first kappa shape index (κ1) is 11.6. The van der Waals surface area contributed by atoms with E-state index in [4.69, 9.17) is 9.88 Å². The zero-order chi connectivity index (χ0) is 12.3. The second-order valence-corrected chi connectivity index (χ2v) is 4.88. The quantitative estimate of drug-likeness (QED) is 0.902. The molecule has 2 N–H and O–H groups in total. The molecule has 0 atom stereocenters. The molecule has 0 aliphatic carbocycles. The summed E-state index contributed by atoms with van der Waals surface area (Å²) >= 11 is 0. The molecule has 0 unspecified atom stereocenters. The molecule has 1 radical (unpaired) electrons. The van der Waals surface area contributed by atoms with E-state index in [-0.39, 0.29) is 4.90 Å². The van der Waals surface area contributed by atoms with Gasteiger partial charge >= 0.3 is 0 Å². The van der Waals surface area contributed by atoms with Gasteiger partial charge in [-0.2, -0.15) is 0 Å². The van der Waals surface area contributed by atoms with Crippen LogP contribution >= 0.6 is 0 Å². The van der Waals surface area contributed by atoms with Gasteiger partial charge in [0.25, 0.3) is 0 Å². The molecule has 17 heavy (non-hydrogen) atoms. The van der Waals surface area contributed by atoms with Crippen molar-refractivity contribution in [2.75, 3.05) is 0 Å². The van der Waals surface area contributed by atoms with Gasteiger partial charge in [-0.05, 0) is 30.3 Å². The Morgan fingerprint density at radius 2 is 1.71 bits per heavy atom. The zero-order valence-corrected chi connectivity index (χ0v) is 9.65. The largest absolute Gasteiger partial charge is 0.457 e. The number of rotatable bonds is 3. The van der Waals surface area contributed by atoms with Crippen LogP contribution in [0.4, 0.5) is 0 Å². The monoisotopic (exact) mass is 248 g/mol. The second-order valence-electron chi connectivity index (χ2n) is 3.35. The summed E-state index contributed by atoms with van der Waals surface area (Å²) in [4.78, 5) is -0.0575. The van der Waals surface area contributed by atoms with Gasteiger partial charge in [-0.15, -0.1) is 0 Å². The van der Waals surface area contributed by atoms with E-state index in [0.29, 0.717) is 11.5 Å². The fourth-order valence-electron chi connectivity index (χ4n) is 1.26. The number of sulfonamides is 1. The van der Waals surface area contributed by atoms with E-state index in [2.05, 4.69) is 6.07 Å². The standard InChI is InChI=1S/C12H10NO3S/c13-17(14,15)12-8-6-11(7-9-12)16-10-4-2-1-3-5-10/h1-8H,(H2,13,14,15). The molecule has 0 fully saturated rings. The van der Waals surface area contributed by atoms with E-state index < -0.39 is 10.0 Å². The summed E-state index contributed by atoms with van der Waals surface area (Å²) in [6.45, 7) is 0. The maximum atomic E-state index is 11.0. The lowest BCUT2D eigenvalue weighted by Gasteiger charge is -2.05. The summed E-state index contributed by atoms with van der Waals surface area (Å²) in [7, 11) is -3.70. The molecule has 0 aliphatic heterocycles. The highest BCUT2D eigenvalue weighted by molar-refractivity contribution is 7.89. The van der Waals surface area contributed by atoms with Gasteiger partial charge in [0.1, 0.15) is 11.5 Å². The van der Waals surface area contributed by atoms with Gasteiger partial charge in [0.15, 0.2) is 0 Å². The van der Waals surface area contributed by atoms with Crippen LogP contribution in [-0.4, -0.2) is 8.42 Å². The molecule has 87 valence electrons. The predicted molar refractivity (Wildman–Crippen MR) is 63.2 cm³/mol. The third-order valence-corrected chi connectivity index (χ3v) is 2.91. The number of ether oxygens (including phenoxy) is 1. The van der Waals surface area contributed by atoms with Crippen LogP contribution in [0.15, 0.2) is 53.4 Å². The minimum atomic E-state index is -3.70. The molecule has 0 bridgehead atoms. The van der Waals surface area contributed by atoms with Crippen LogP contribution in [0.25, 0.3) is 0 Å². The SMILES string of the molecule is NS(=O)(=O)c1[c]cc(Oc2ccccc2)cc1. The molecule has 0 aromatic heterocycles. The van der Waals surface area contributed by atoms with Crippen LogP contribution in [0.5, 0.6) is 11.5 Å². The van der Waals surface area contributed by atoms with Gasteiger partial charge in [-0.25, -0.2) is 13.6 Å². The average Bonchev–Trinajstić information content (AvgIpc) is 2.30. The number of benzene rings is 2. The molecule has 0 saturated carbocycles. The first-order chi connectivity index (χ1) is 8.05. The molecule has 0 aliphatic rings. The van der Waals surface area contributed by atoms with Crippen LogP contribution in [0.1, 0.15) is 0 Å². The normalized spacial score (nSPS) is 11.1. The van der Waals surface area contributed by atoms with E-state index in [1.54, 1.807) is 12.1 Å². The van der Waals surface area contributed by atoms with Gasteiger partial charge in [-0.1, -0.05) is 18.2 Å². The highest BCUT2D eigenvalue weighted by Gasteiger charge is 2.07. The topological polar surface area (TPSA) is 69.4 Å². The third kappa shape index (κ3) is 3.05. The summed E-state index contributed by atoms with van der Waals surface area (Å²) in [5.41, 5.74) is 0. The number of nitrogens with two attached hydrogens (primary N) is 1. The van der Waals surface area contributed by atoms with Crippen molar-refractivity contribution in [2.24, 2.45) is 5.14 Å². The lowest BCUT2D eigenvalue weighted by Crippen LogP contribution is -2.11. The van der Waals surface area contributed by atoms with Crippen molar-refractivity contribution in [3.8, 4) is 11.5 Å².